The molecule has 0 N–H and O–H groups in total. The number of hydroxylamine groups is 1. The van der Waals surface area contributed by atoms with Crippen LogP contribution in [0.1, 0.15) is 19.5 Å². The predicted molar refractivity (Wildman–Crippen MR) is 70.9 cm³/mol. The van der Waals surface area contributed by atoms with Crippen LogP contribution in [0.4, 0.5) is 0 Å². The number of rotatable bonds is 6. The van der Waals surface area contributed by atoms with Crippen LogP contribution < -0.4 is 0 Å². The van der Waals surface area contributed by atoms with E-state index in [1.165, 1.54) is 4.83 Å². The maximum Gasteiger partial charge on any atom is 0.459 e. The van der Waals surface area contributed by atoms with Gasteiger partial charge in [-0.3, -0.25) is 18.9 Å². The summed E-state index contributed by atoms with van der Waals surface area (Å²) < 4.78 is 23.2. The quantitative estimate of drug-likeness (QED) is 0.749. The molecular weight excluding hydrogens is 267 g/mol. The first-order chi connectivity index (χ1) is 9.21. The summed E-state index contributed by atoms with van der Waals surface area (Å²) >= 11 is 0. The topological polar surface area (TPSA) is 60.9 Å². The Bertz CT molecular complexity index is 482. The summed E-state index contributed by atoms with van der Waals surface area (Å²) in [4.78, 5) is 10.8. The maximum absolute atomic E-state index is 12.7. The predicted octanol–water partition coefficient (Wildman–Crippen LogP) is 2.85. The zero-order chi connectivity index (χ0) is 13.7. The zero-order valence-corrected chi connectivity index (χ0v) is 11.9. The second-order valence-electron chi connectivity index (χ2n) is 3.68. The zero-order valence-electron chi connectivity index (χ0n) is 11.0. The molecule has 0 saturated carbocycles. The van der Waals surface area contributed by atoms with Crippen LogP contribution in [-0.2, 0) is 18.5 Å². The van der Waals surface area contributed by atoms with E-state index < -0.39 is 7.75 Å². The summed E-state index contributed by atoms with van der Waals surface area (Å²) in [6, 6.07) is 5.48. The van der Waals surface area contributed by atoms with Crippen molar-refractivity contribution in [1.82, 2.24) is 9.82 Å². The van der Waals surface area contributed by atoms with Gasteiger partial charge in [0, 0.05) is 6.20 Å². The van der Waals surface area contributed by atoms with E-state index in [0.29, 0.717) is 18.0 Å². The molecule has 2 heterocycles. The number of aromatic nitrogens is 1. The SMILES string of the molecule is CCOP(=O)(OCC)N1OCC=C1c1ccccn1. The fourth-order valence-electron chi connectivity index (χ4n) is 1.72. The Morgan fingerprint density at radius 1 is 1.37 bits per heavy atom. The summed E-state index contributed by atoms with van der Waals surface area (Å²) in [5.41, 5.74) is 1.27. The van der Waals surface area contributed by atoms with Crippen molar-refractivity contribution in [2.75, 3.05) is 19.8 Å². The van der Waals surface area contributed by atoms with Crippen molar-refractivity contribution in [2.24, 2.45) is 0 Å². The van der Waals surface area contributed by atoms with Gasteiger partial charge in [0.15, 0.2) is 0 Å². The van der Waals surface area contributed by atoms with E-state index in [9.17, 15) is 4.57 Å². The molecule has 0 aliphatic carbocycles. The minimum atomic E-state index is -3.49. The first-order valence-electron chi connectivity index (χ1n) is 6.15. The van der Waals surface area contributed by atoms with Gasteiger partial charge in [-0.25, -0.2) is 4.57 Å². The van der Waals surface area contributed by atoms with Crippen LogP contribution >= 0.6 is 7.75 Å². The molecular formula is C12H17N2O4P. The van der Waals surface area contributed by atoms with Crippen LogP contribution in [0.2, 0.25) is 0 Å². The lowest BCUT2D eigenvalue weighted by Crippen LogP contribution is -2.19. The highest BCUT2D eigenvalue weighted by atomic mass is 31.2. The molecule has 19 heavy (non-hydrogen) atoms. The molecule has 0 bridgehead atoms. The molecule has 0 aromatic carbocycles. The first kappa shape index (κ1) is 14.2. The monoisotopic (exact) mass is 284 g/mol. The summed E-state index contributed by atoms with van der Waals surface area (Å²) in [5.74, 6) is 0. The molecule has 7 heteroatoms. The van der Waals surface area contributed by atoms with Gasteiger partial charge in [-0.15, -0.1) is 0 Å². The lowest BCUT2D eigenvalue weighted by Gasteiger charge is -2.27. The average Bonchev–Trinajstić information content (AvgIpc) is 2.90. The van der Waals surface area contributed by atoms with E-state index in [2.05, 4.69) is 4.98 Å². The van der Waals surface area contributed by atoms with E-state index in [-0.39, 0.29) is 13.2 Å². The maximum atomic E-state index is 12.7. The van der Waals surface area contributed by atoms with Crippen molar-refractivity contribution in [3.8, 4) is 0 Å². The Morgan fingerprint density at radius 3 is 2.68 bits per heavy atom. The molecule has 6 nitrogen and oxygen atoms in total. The van der Waals surface area contributed by atoms with Gasteiger partial charge in [0.05, 0.1) is 31.2 Å². The van der Waals surface area contributed by atoms with E-state index in [4.69, 9.17) is 13.9 Å². The third-order valence-corrected chi connectivity index (χ3v) is 4.36. The van der Waals surface area contributed by atoms with Gasteiger partial charge in [0.25, 0.3) is 0 Å². The molecule has 1 aromatic heterocycles. The molecule has 1 aromatic rings. The number of pyridine rings is 1. The lowest BCUT2D eigenvalue weighted by molar-refractivity contribution is -0.0374. The Labute approximate surface area is 112 Å². The van der Waals surface area contributed by atoms with E-state index >= 15 is 0 Å². The van der Waals surface area contributed by atoms with Crippen LogP contribution in [-0.4, -0.2) is 29.6 Å². The first-order valence-corrected chi connectivity index (χ1v) is 7.65. The van der Waals surface area contributed by atoms with Gasteiger partial charge in [0.2, 0.25) is 0 Å². The Balaban J connectivity index is 2.29. The van der Waals surface area contributed by atoms with Crippen LogP contribution in [0.3, 0.4) is 0 Å². The Kier molecular flexibility index (Phi) is 4.71. The largest absolute Gasteiger partial charge is 0.459 e. The molecule has 0 spiro atoms. The van der Waals surface area contributed by atoms with Gasteiger partial charge in [0.1, 0.15) is 0 Å². The van der Waals surface area contributed by atoms with Gasteiger partial charge in [-0.1, -0.05) is 6.07 Å². The van der Waals surface area contributed by atoms with E-state index in [1.54, 1.807) is 26.1 Å². The van der Waals surface area contributed by atoms with E-state index in [1.807, 2.05) is 18.2 Å². The molecule has 0 atom stereocenters. The molecule has 0 unspecified atom stereocenters. The van der Waals surface area contributed by atoms with Gasteiger partial charge in [-0.2, -0.15) is 4.83 Å². The van der Waals surface area contributed by atoms with E-state index in [0.717, 1.165) is 0 Å². The third kappa shape index (κ3) is 3.04. The number of hydrogen-bond acceptors (Lipinski definition) is 5. The second kappa shape index (κ2) is 6.30. The van der Waals surface area contributed by atoms with Crippen molar-refractivity contribution >= 4 is 13.4 Å². The summed E-state index contributed by atoms with van der Waals surface area (Å²) in [5, 5.41) is 0. The smallest absolute Gasteiger partial charge is 0.291 e. The van der Waals surface area contributed by atoms with Crippen LogP contribution in [0.5, 0.6) is 0 Å². The fraction of sp³-hybridized carbons (Fsp3) is 0.417. The van der Waals surface area contributed by atoms with Gasteiger partial charge < -0.3 is 0 Å². The highest BCUT2D eigenvalue weighted by Crippen LogP contribution is 2.56. The van der Waals surface area contributed by atoms with Crippen LogP contribution in [0.25, 0.3) is 5.70 Å². The molecule has 0 fully saturated rings. The van der Waals surface area contributed by atoms with Crippen LogP contribution in [0.15, 0.2) is 30.5 Å². The van der Waals surface area contributed by atoms with Crippen molar-refractivity contribution in [1.29, 1.82) is 0 Å². The highest BCUT2D eigenvalue weighted by Gasteiger charge is 2.39. The molecule has 0 amide bonds. The molecule has 0 radical (unpaired) electrons. The molecule has 1 aliphatic heterocycles. The highest BCUT2D eigenvalue weighted by molar-refractivity contribution is 7.51. The molecule has 1 aliphatic rings. The normalized spacial score (nSPS) is 15.7. The van der Waals surface area contributed by atoms with Crippen molar-refractivity contribution in [3.05, 3.63) is 36.2 Å². The van der Waals surface area contributed by atoms with Crippen molar-refractivity contribution in [2.45, 2.75) is 13.8 Å². The van der Waals surface area contributed by atoms with Gasteiger partial charge in [-0.05, 0) is 32.1 Å². The summed E-state index contributed by atoms with van der Waals surface area (Å²) in [7, 11) is -3.49. The van der Waals surface area contributed by atoms with Crippen LogP contribution in [0, 0.1) is 0 Å². The summed E-state index contributed by atoms with van der Waals surface area (Å²) in [6.07, 6.45) is 3.46. The number of nitrogens with zero attached hydrogens (tertiary/aromatic N) is 2. The third-order valence-electron chi connectivity index (χ3n) is 2.41. The van der Waals surface area contributed by atoms with Crippen molar-refractivity contribution < 1.29 is 18.5 Å². The minimum absolute atomic E-state index is 0.270. The Hall–Kier alpha value is -1.20. The number of hydrogen-bond donors (Lipinski definition) is 0. The average molecular weight is 284 g/mol. The van der Waals surface area contributed by atoms with Gasteiger partial charge >= 0.3 is 7.75 Å². The molecule has 104 valence electrons. The fourth-order valence-corrected chi connectivity index (χ4v) is 3.32. The molecule has 0 saturated heterocycles. The minimum Gasteiger partial charge on any atom is -0.291 e. The standard InChI is InChI=1S/C12H17N2O4P/c1-3-17-19(15,18-4-2)14-12(8-10-16-14)11-7-5-6-9-13-11/h5-9H,3-4,10H2,1-2H3. The lowest BCUT2D eigenvalue weighted by atomic mass is 10.3. The summed E-state index contributed by atoms with van der Waals surface area (Å²) in [6.45, 7) is 4.37. The Morgan fingerprint density at radius 2 is 2.11 bits per heavy atom. The molecule has 2 rings (SSSR count). The van der Waals surface area contributed by atoms with Crippen molar-refractivity contribution in [3.63, 3.8) is 0 Å². The second-order valence-corrected chi connectivity index (χ2v) is 5.49.